The molecule has 8 heteroatoms. The molecular formula is C21H33N3O4S. The summed E-state index contributed by atoms with van der Waals surface area (Å²) in [6, 6.07) is 7.69. The maximum absolute atomic E-state index is 12.8. The number of nitrogens with zero attached hydrogens (tertiary/aromatic N) is 2. The summed E-state index contributed by atoms with van der Waals surface area (Å²) in [6.45, 7) is 7.24. The van der Waals surface area contributed by atoms with Crippen LogP contribution in [0.1, 0.15) is 45.1 Å². The van der Waals surface area contributed by atoms with Gasteiger partial charge in [-0.2, -0.15) is 17.0 Å². The molecule has 0 atom stereocenters. The third kappa shape index (κ3) is 5.71. The fourth-order valence-electron chi connectivity index (χ4n) is 3.93. The number of hydrogen-bond donors (Lipinski definition) is 1. The van der Waals surface area contributed by atoms with Gasteiger partial charge in [-0.05, 0) is 56.2 Å². The first-order valence-corrected chi connectivity index (χ1v) is 12.0. The van der Waals surface area contributed by atoms with Gasteiger partial charge in [0, 0.05) is 38.6 Å². The van der Waals surface area contributed by atoms with Crippen LogP contribution in [0.4, 0.5) is 0 Å². The topological polar surface area (TPSA) is 79.0 Å². The van der Waals surface area contributed by atoms with Crippen molar-refractivity contribution in [1.29, 1.82) is 0 Å². The van der Waals surface area contributed by atoms with E-state index < -0.39 is 10.2 Å². The Labute approximate surface area is 174 Å². The molecule has 0 aromatic heterocycles. The minimum atomic E-state index is -3.40. The lowest BCUT2D eigenvalue weighted by Crippen LogP contribution is -2.50. The summed E-state index contributed by atoms with van der Waals surface area (Å²) in [5.41, 5.74) is 1.01. The Morgan fingerprint density at radius 1 is 1.03 bits per heavy atom. The molecule has 0 spiro atoms. The van der Waals surface area contributed by atoms with Gasteiger partial charge in [0.25, 0.3) is 10.2 Å². The van der Waals surface area contributed by atoms with Crippen LogP contribution in [0.3, 0.4) is 0 Å². The second-order valence-electron chi connectivity index (χ2n) is 8.06. The van der Waals surface area contributed by atoms with Crippen LogP contribution < -0.4 is 10.1 Å². The molecule has 3 rings (SSSR count). The monoisotopic (exact) mass is 423 g/mol. The SMILES string of the molecule is CCOc1ccc(CNC(=O)C2CCN(S(=O)(=O)N3CCC(C)CC3)CC2)cc1. The van der Waals surface area contributed by atoms with Gasteiger partial charge >= 0.3 is 0 Å². The second-order valence-corrected chi connectivity index (χ2v) is 9.99. The van der Waals surface area contributed by atoms with Gasteiger partial charge in [-0.25, -0.2) is 0 Å². The summed E-state index contributed by atoms with van der Waals surface area (Å²) in [5, 5.41) is 2.98. The number of carbonyl (C=O) groups is 1. The fourth-order valence-corrected chi connectivity index (χ4v) is 5.60. The number of nitrogens with one attached hydrogen (secondary N) is 1. The fraction of sp³-hybridized carbons (Fsp3) is 0.667. The standard InChI is InChI=1S/C21H33N3O4S/c1-3-28-20-6-4-18(5-7-20)16-22-21(25)19-10-14-24(15-11-19)29(26,27)23-12-8-17(2)9-13-23/h4-7,17,19H,3,8-16H2,1-2H3,(H,22,25). The molecule has 162 valence electrons. The number of ether oxygens (including phenoxy) is 1. The van der Waals surface area contributed by atoms with Gasteiger partial charge in [0.05, 0.1) is 6.61 Å². The predicted octanol–water partition coefficient (Wildman–Crippen LogP) is 2.39. The van der Waals surface area contributed by atoms with E-state index in [0.29, 0.717) is 58.1 Å². The van der Waals surface area contributed by atoms with Crippen molar-refractivity contribution in [2.24, 2.45) is 11.8 Å². The molecule has 2 aliphatic heterocycles. The smallest absolute Gasteiger partial charge is 0.281 e. The third-order valence-electron chi connectivity index (χ3n) is 5.92. The van der Waals surface area contributed by atoms with Crippen LogP contribution >= 0.6 is 0 Å². The maximum atomic E-state index is 12.8. The average molecular weight is 424 g/mol. The van der Waals surface area contributed by atoms with Crippen molar-refractivity contribution in [3.8, 4) is 5.75 Å². The number of amides is 1. The van der Waals surface area contributed by atoms with Gasteiger partial charge in [0.2, 0.25) is 5.91 Å². The van der Waals surface area contributed by atoms with Crippen molar-refractivity contribution >= 4 is 16.1 Å². The van der Waals surface area contributed by atoms with E-state index in [9.17, 15) is 13.2 Å². The minimum Gasteiger partial charge on any atom is -0.494 e. The Kier molecular flexibility index (Phi) is 7.54. The lowest BCUT2D eigenvalue weighted by atomic mass is 9.97. The summed E-state index contributed by atoms with van der Waals surface area (Å²) in [5.74, 6) is 1.28. The molecule has 7 nitrogen and oxygen atoms in total. The number of benzene rings is 1. The van der Waals surface area contributed by atoms with Crippen molar-refractivity contribution in [3.63, 3.8) is 0 Å². The minimum absolute atomic E-state index is 0.00253. The van der Waals surface area contributed by atoms with Crippen LogP contribution in [-0.4, -0.2) is 55.7 Å². The van der Waals surface area contributed by atoms with Gasteiger partial charge in [0.15, 0.2) is 0 Å². The summed E-state index contributed by atoms with van der Waals surface area (Å²) < 4.78 is 34.3. The van der Waals surface area contributed by atoms with Crippen LogP contribution in [0.5, 0.6) is 5.75 Å². The normalized spacial score (nSPS) is 20.5. The van der Waals surface area contributed by atoms with E-state index in [1.54, 1.807) is 8.61 Å². The summed E-state index contributed by atoms with van der Waals surface area (Å²) in [6.07, 6.45) is 2.98. The number of carbonyl (C=O) groups excluding carboxylic acids is 1. The molecule has 29 heavy (non-hydrogen) atoms. The Hall–Kier alpha value is -1.64. The average Bonchev–Trinajstić information content (AvgIpc) is 2.73. The van der Waals surface area contributed by atoms with E-state index >= 15 is 0 Å². The molecule has 0 bridgehead atoms. The summed E-state index contributed by atoms with van der Waals surface area (Å²) in [7, 11) is -3.40. The molecule has 2 aliphatic rings. The summed E-state index contributed by atoms with van der Waals surface area (Å²) in [4.78, 5) is 12.5. The first-order valence-electron chi connectivity index (χ1n) is 10.6. The molecule has 1 aromatic carbocycles. The molecule has 0 radical (unpaired) electrons. The Morgan fingerprint density at radius 3 is 2.14 bits per heavy atom. The first kappa shape index (κ1) is 22.1. The van der Waals surface area contributed by atoms with Gasteiger partial charge in [-0.1, -0.05) is 19.1 Å². The van der Waals surface area contributed by atoms with Crippen molar-refractivity contribution in [2.75, 3.05) is 32.8 Å². The molecule has 2 saturated heterocycles. The van der Waals surface area contributed by atoms with Gasteiger partial charge in [0.1, 0.15) is 5.75 Å². The van der Waals surface area contributed by atoms with Gasteiger partial charge in [-0.3, -0.25) is 4.79 Å². The number of rotatable bonds is 7. The third-order valence-corrected chi connectivity index (χ3v) is 7.96. The molecule has 2 heterocycles. The van der Waals surface area contributed by atoms with Crippen LogP contribution in [-0.2, 0) is 21.5 Å². The Balaban J connectivity index is 1.45. The van der Waals surface area contributed by atoms with E-state index in [0.717, 1.165) is 24.2 Å². The molecule has 2 fully saturated rings. The molecule has 0 aliphatic carbocycles. The summed E-state index contributed by atoms with van der Waals surface area (Å²) >= 11 is 0. The zero-order chi connectivity index (χ0) is 20.9. The lowest BCUT2D eigenvalue weighted by molar-refractivity contribution is -0.126. The maximum Gasteiger partial charge on any atom is 0.281 e. The Morgan fingerprint density at radius 2 is 1.59 bits per heavy atom. The zero-order valence-electron chi connectivity index (χ0n) is 17.5. The highest BCUT2D eigenvalue weighted by atomic mass is 32.2. The van der Waals surface area contributed by atoms with Crippen LogP contribution in [0, 0.1) is 11.8 Å². The highest BCUT2D eigenvalue weighted by molar-refractivity contribution is 7.86. The predicted molar refractivity (Wildman–Crippen MR) is 113 cm³/mol. The van der Waals surface area contributed by atoms with Gasteiger partial charge < -0.3 is 10.1 Å². The highest BCUT2D eigenvalue weighted by Gasteiger charge is 2.35. The largest absolute Gasteiger partial charge is 0.494 e. The van der Waals surface area contributed by atoms with E-state index in [4.69, 9.17) is 4.74 Å². The molecule has 1 aromatic rings. The molecule has 0 saturated carbocycles. The van der Waals surface area contributed by atoms with Crippen molar-refractivity contribution in [3.05, 3.63) is 29.8 Å². The molecule has 1 amide bonds. The highest BCUT2D eigenvalue weighted by Crippen LogP contribution is 2.25. The van der Waals surface area contributed by atoms with Crippen molar-refractivity contribution in [2.45, 2.75) is 46.1 Å². The van der Waals surface area contributed by atoms with Crippen LogP contribution in [0.2, 0.25) is 0 Å². The van der Waals surface area contributed by atoms with E-state index in [2.05, 4.69) is 12.2 Å². The van der Waals surface area contributed by atoms with Crippen molar-refractivity contribution < 1.29 is 17.9 Å². The van der Waals surface area contributed by atoms with Crippen LogP contribution in [0.15, 0.2) is 24.3 Å². The molecule has 0 unspecified atom stereocenters. The van der Waals surface area contributed by atoms with Crippen molar-refractivity contribution in [1.82, 2.24) is 13.9 Å². The number of piperidine rings is 2. The van der Waals surface area contributed by atoms with Crippen LogP contribution in [0.25, 0.3) is 0 Å². The molecular weight excluding hydrogens is 390 g/mol. The zero-order valence-corrected chi connectivity index (χ0v) is 18.3. The van der Waals surface area contributed by atoms with E-state index in [1.807, 2.05) is 31.2 Å². The quantitative estimate of drug-likeness (QED) is 0.730. The second kappa shape index (κ2) is 9.91. The molecule has 1 N–H and O–H groups in total. The first-order chi connectivity index (χ1) is 13.9. The lowest BCUT2D eigenvalue weighted by Gasteiger charge is -2.37. The number of hydrogen-bond acceptors (Lipinski definition) is 4. The Bertz CT molecular complexity index is 766. The van der Waals surface area contributed by atoms with E-state index in [1.165, 1.54) is 0 Å². The van der Waals surface area contributed by atoms with E-state index in [-0.39, 0.29) is 11.8 Å². The van der Waals surface area contributed by atoms with Gasteiger partial charge in [-0.15, -0.1) is 0 Å².